The van der Waals surface area contributed by atoms with E-state index in [2.05, 4.69) is 10.3 Å². The summed E-state index contributed by atoms with van der Waals surface area (Å²) >= 11 is 0. The van der Waals surface area contributed by atoms with E-state index < -0.39 is 15.7 Å². The Bertz CT molecular complexity index is 715. The summed E-state index contributed by atoms with van der Waals surface area (Å²) in [6.07, 6.45) is 2.44. The average Bonchev–Trinajstić information content (AvgIpc) is 2.39. The molecule has 1 aromatic carbocycles. The minimum absolute atomic E-state index is 0.0142. The van der Waals surface area contributed by atoms with E-state index in [1.165, 1.54) is 30.5 Å². The number of hydrogen-bond donors (Lipinski definition) is 2. The van der Waals surface area contributed by atoms with Crippen LogP contribution in [-0.4, -0.2) is 24.8 Å². The zero-order valence-corrected chi connectivity index (χ0v) is 11.5. The van der Waals surface area contributed by atoms with Crippen molar-refractivity contribution in [1.29, 1.82) is 0 Å². The molecule has 0 radical (unpaired) electrons. The number of phenolic OH excluding ortho intramolecular Hbond substituents is 1. The fourth-order valence-corrected chi connectivity index (χ4v) is 2.16. The number of halogens is 1. The van der Waals surface area contributed by atoms with E-state index in [1.807, 2.05) is 0 Å². The Morgan fingerprint density at radius 2 is 2.05 bits per heavy atom. The first-order valence-corrected chi connectivity index (χ1v) is 7.63. The smallest absolute Gasteiger partial charge is 0.192 e. The second-order valence-electron chi connectivity index (χ2n) is 4.28. The standard InChI is InChI=1S/C13H13FN2O3S/c1-20(18,19)13-5-3-11(8-16-13)15-7-9-6-10(14)2-4-12(9)17/h2-6,8,15,17H,7H2,1H3. The summed E-state index contributed by atoms with van der Waals surface area (Å²) in [4.78, 5) is 3.82. The van der Waals surface area contributed by atoms with Crippen molar-refractivity contribution in [3.8, 4) is 5.75 Å². The number of sulfone groups is 1. The van der Waals surface area contributed by atoms with Gasteiger partial charge in [-0.3, -0.25) is 0 Å². The van der Waals surface area contributed by atoms with Gasteiger partial charge in [0.25, 0.3) is 0 Å². The number of benzene rings is 1. The van der Waals surface area contributed by atoms with E-state index >= 15 is 0 Å². The summed E-state index contributed by atoms with van der Waals surface area (Å²) in [5.74, 6) is -0.454. The van der Waals surface area contributed by atoms with E-state index in [1.54, 1.807) is 6.07 Å². The minimum Gasteiger partial charge on any atom is -0.508 e. The Labute approximate surface area is 116 Å². The summed E-state index contributed by atoms with van der Waals surface area (Å²) in [5, 5.41) is 12.5. The van der Waals surface area contributed by atoms with Gasteiger partial charge in [0.15, 0.2) is 14.9 Å². The van der Waals surface area contributed by atoms with Gasteiger partial charge in [-0.15, -0.1) is 0 Å². The van der Waals surface area contributed by atoms with Crippen LogP contribution in [0, 0.1) is 5.82 Å². The normalized spacial score (nSPS) is 11.3. The predicted octanol–water partition coefficient (Wildman–Crippen LogP) is 1.94. The first-order chi connectivity index (χ1) is 9.36. The highest BCUT2D eigenvalue weighted by Crippen LogP contribution is 2.19. The van der Waals surface area contributed by atoms with Gasteiger partial charge in [-0.25, -0.2) is 17.8 Å². The quantitative estimate of drug-likeness (QED) is 0.901. The largest absolute Gasteiger partial charge is 0.508 e. The van der Waals surface area contributed by atoms with Gasteiger partial charge in [0.05, 0.1) is 11.9 Å². The maximum atomic E-state index is 13.0. The van der Waals surface area contributed by atoms with Crippen LogP contribution in [0.25, 0.3) is 0 Å². The molecule has 2 N–H and O–H groups in total. The van der Waals surface area contributed by atoms with Crippen molar-refractivity contribution in [1.82, 2.24) is 4.98 Å². The highest BCUT2D eigenvalue weighted by Gasteiger charge is 2.08. The Hall–Kier alpha value is -2.15. The van der Waals surface area contributed by atoms with Gasteiger partial charge in [0, 0.05) is 18.4 Å². The summed E-state index contributed by atoms with van der Waals surface area (Å²) in [6, 6.07) is 6.60. The maximum Gasteiger partial charge on any atom is 0.192 e. The SMILES string of the molecule is CS(=O)(=O)c1ccc(NCc2cc(F)ccc2O)cn1. The molecule has 0 aliphatic rings. The van der Waals surface area contributed by atoms with Crippen molar-refractivity contribution in [2.24, 2.45) is 0 Å². The molecular weight excluding hydrogens is 283 g/mol. The summed E-state index contributed by atoms with van der Waals surface area (Å²) in [7, 11) is -3.33. The fourth-order valence-electron chi connectivity index (χ4n) is 1.60. The number of rotatable bonds is 4. The van der Waals surface area contributed by atoms with Crippen molar-refractivity contribution >= 4 is 15.5 Å². The lowest BCUT2D eigenvalue weighted by Gasteiger charge is -2.08. The molecule has 0 aliphatic carbocycles. The van der Waals surface area contributed by atoms with E-state index in [9.17, 15) is 17.9 Å². The first-order valence-electron chi connectivity index (χ1n) is 5.73. The molecule has 1 heterocycles. The van der Waals surface area contributed by atoms with Crippen LogP contribution in [0.1, 0.15) is 5.56 Å². The third-order valence-corrected chi connectivity index (χ3v) is 3.64. The number of nitrogens with zero attached hydrogens (tertiary/aromatic N) is 1. The van der Waals surface area contributed by atoms with Gasteiger partial charge < -0.3 is 10.4 Å². The Morgan fingerprint density at radius 1 is 1.30 bits per heavy atom. The summed E-state index contributed by atoms with van der Waals surface area (Å²) in [5.41, 5.74) is 0.971. The number of phenols is 1. The van der Waals surface area contributed by atoms with Gasteiger partial charge in [0.2, 0.25) is 0 Å². The zero-order valence-electron chi connectivity index (χ0n) is 10.7. The van der Waals surface area contributed by atoms with Crippen LogP contribution in [0.4, 0.5) is 10.1 Å². The van der Waals surface area contributed by atoms with Gasteiger partial charge >= 0.3 is 0 Å². The van der Waals surface area contributed by atoms with Crippen LogP contribution < -0.4 is 5.32 Å². The number of aromatic nitrogens is 1. The van der Waals surface area contributed by atoms with Crippen molar-refractivity contribution in [2.45, 2.75) is 11.6 Å². The van der Waals surface area contributed by atoms with Crippen LogP contribution in [0.2, 0.25) is 0 Å². The van der Waals surface area contributed by atoms with Crippen molar-refractivity contribution in [3.05, 3.63) is 47.9 Å². The molecule has 0 atom stereocenters. The molecule has 7 heteroatoms. The molecule has 0 fully saturated rings. The molecule has 106 valence electrons. The third-order valence-electron chi connectivity index (χ3n) is 2.64. The summed E-state index contributed by atoms with van der Waals surface area (Å²) < 4.78 is 35.5. The number of aromatic hydroxyl groups is 1. The topological polar surface area (TPSA) is 79.3 Å². The van der Waals surface area contributed by atoms with E-state index in [0.717, 1.165) is 6.26 Å². The molecule has 2 aromatic rings. The van der Waals surface area contributed by atoms with Crippen LogP contribution in [0.5, 0.6) is 5.75 Å². The van der Waals surface area contributed by atoms with Crippen LogP contribution >= 0.6 is 0 Å². The average molecular weight is 296 g/mol. The second-order valence-corrected chi connectivity index (χ2v) is 6.25. The van der Waals surface area contributed by atoms with Crippen molar-refractivity contribution in [2.75, 3.05) is 11.6 Å². The molecule has 20 heavy (non-hydrogen) atoms. The molecule has 0 unspecified atom stereocenters. The van der Waals surface area contributed by atoms with Gasteiger partial charge in [0.1, 0.15) is 11.6 Å². The fraction of sp³-hybridized carbons (Fsp3) is 0.154. The predicted molar refractivity (Wildman–Crippen MR) is 72.7 cm³/mol. The van der Waals surface area contributed by atoms with Crippen LogP contribution in [-0.2, 0) is 16.4 Å². The lowest BCUT2D eigenvalue weighted by molar-refractivity contribution is 0.466. The third kappa shape index (κ3) is 3.45. The lowest BCUT2D eigenvalue weighted by atomic mass is 10.2. The van der Waals surface area contributed by atoms with Crippen molar-refractivity contribution in [3.63, 3.8) is 0 Å². The molecule has 1 aromatic heterocycles. The van der Waals surface area contributed by atoms with Crippen molar-refractivity contribution < 1.29 is 17.9 Å². The second kappa shape index (κ2) is 5.46. The minimum atomic E-state index is -3.33. The van der Waals surface area contributed by atoms with Crippen LogP contribution in [0.3, 0.4) is 0 Å². The monoisotopic (exact) mass is 296 g/mol. The van der Waals surface area contributed by atoms with Crippen LogP contribution in [0.15, 0.2) is 41.6 Å². The Kier molecular flexibility index (Phi) is 3.89. The molecular formula is C13H13FN2O3S. The maximum absolute atomic E-state index is 13.0. The molecule has 2 rings (SSSR count). The molecule has 0 bridgehead atoms. The molecule has 0 saturated heterocycles. The Balaban J connectivity index is 2.10. The first kappa shape index (κ1) is 14.3. The van der Waals surface area contributed by atoms with Gasteiger partial charge in [-0.2, -0.15) is 0 Å². The molecule has 0 spiro atoms. The van der Waals surface area contributed by atoms with E-state index in [4.69, 9.17) is 0 Å². The van der Waals surface area contributed by atoms with E-state index in [0.29, 0.717) is 11.3 Å². The van der Waals surface area contributed by atoms with E-state index in [-0.39, 0.29) is 17.3 Å². The number of pyridine rings is 1. The number of hydrogen-bond acceptors (Lipinski definition) is 5. The van der Waals surface area contributed by atoms with Gasteiger partial charge in [-0.05, 0) is 30.3 Å². The molecule has 0 aliphatic heterocycles. The molecule has 0 saturated carbocycles. The number of nitrogens with one attached hydrogen (secondary N) is 1. The lowest BCUT2D eigenvalue weighted by Crippen LogP contribution is -2.03. The highest BCUT2D eigenvalue weighted by molar-refractivity contribution is 7.90. The van der Waals surface area contributed by atoms with Gasteiger partial charge in [-0.1, -0.05) is 0 Å². The molecule has 5 nitrogen and oxygen atoms in total. The zero-order chi connectivity index (χ0) is 14.8. The summed E-state index contributed by atoms with van der Waals surface area (Å²) in [6.45, 7) is 0.198. The number of anilines is 1. The molecule has 0 amide bonds. The Morgan fingerprint density at radius 3 is 2.65 bits per heavy atom. The highest BCUT2D eigenvalue weighted by atomic mass is 32.2.